The van der Waals surface area contributed by atoms with E-state index in [1.54, 1.807) is 12.1 Å². The number of carbonyl (C=O) groups excluding carboxylic acids is 1. The molecule has 0 bridgehead atoms. The van der Waals surface area contributed by atoms with Crippen LogP contribution in [0.2, 0.25) is 0 Å². The Kier molecular flexibility index (Phi) is 5.34. The van der Waals surface area contributed by atoms with Gasteiger partial charge in [0.15, 0.2) is 0 Å². The van der Waals surface area contributed by atoms with Crippen LogP contribution in [0.5, 0.6) is 5.75 Å². The molecular weight excluding hydrogens is 298 g/mol. The van der Waals surface area contributed by atoms with Crippen molar-refractivity contribution < 1.29 is 23.0 Å². The van der Waals surface area contributed by atoms with Gasteiger partial charge in [-0.1, -0.05) is 6.07 Å². The van der Waals surface area contributed by atoms with Gasteiger partial charge in [-0.3, -0.25) is 4.79 Å². The Balaban J connectivity index is 2.71. The maximum absolute atomic E-state index is 12.1. The molecule has 1 rings (SSSR count). The lowest BCUT2D eigenvalue weighted by molar-refractivity contribution is -0.140. The number of hydrogen-bond acceptors (Lipinski definition) is 3. The summed E-state index contributed by atoms with van der Waals surface area (Å²) in [6, 6.07) is 4.80. The van der Waals surface area contributed by atoms with Gasteiger partial charge >= 0.3 is 12.6 Å². The van der Waals surface area contributed by atoms with E-state index < -0.39 is 6.61 Å². The number of benzene rings is 1. The van der Waals surface area contributed by atoms with Crippen molar-refractivity contribution >= 4 is 21.9 Å². The van der Waals surface area contributed by atoms with Crippen LogP contribution >= 0.6 is 15.9 Å². The lowest BCUT2D eigenvalue weighted by Crippen LogP contribution is -2.04. The molecule has 0 spiro atoms. The van der Waals surface area contributed by atoms with Crippen LogP contribution in [0.25, 0.3) is 0 Å². The van der Waals surface area contributed by atoms with Crippen LogP contribution in [0, 0.1) is 0 Å². The molecule has 0 heterocycles. The molecule has 0 amide bonds. The Labute approximate surface area is 106 Å². The van der Waals surface area contributed by atoms with Crippen molar-refractivity contribution in [3.8, 4) is 5.75 Å². The van der Waals surface area contributed by atoms with E-state index >= 15 is 0 Å². The second kappa shape index (κ2) is 6.54. The molecule has 1 aromatic rings. The summed E-state index contributed by atoms with van der Waals surface area (Å²) in [7, 11) is 1.30. The van der Waals surface area contributed by atoms with Crippen LogP contribution in [0.15, 0.2) is 22.7 Å². The topological polar surface area (TPSA) is 35.5 Å². The monoisotopic (exact) mass is 308 g/mol. The highest BCUT2D eigenvalue weighted by Gasteiger charge is 2.10. The van der Waals surface area contributed by atoms with Crippen molar-refractivity contribution in [3.63, 3.8) is 0 Å². The average molecular weight is 309 g/mol. The molecule has 0 N–H and O–H groups in total. The summed E-state index contributed by atoms with van der Waals surface area (Å²) in [5, 5.41) is 0. The second-order valence-electron chi connectivity index (χ2n) is 3.22. The van der Waals surface area contributed by atoms with E-state index in [1.165, 1.54) is 13.2 Å². The molecule has 0 fully saturated rings. The first-order valence-corrected chi connectivity index (χ1v) is 5.62. The smallest absolute Gasteiger partial charge is 0.387 e. The molecule has 0 saturated carbocycles. The highest BCUT2D eigenvalue weighted by Crippen LogP contribution is 2.28. The van der Waals surface area contributed by atoms with Crippen LogP contribution in [-0.2, 0) is 16.0 Å². The molecule has 0 atom stereocenters. The van der Waals surface area contributed by atoms with Gasteiger partial charge in [-0.25, -0.2) is 0 Å². The summed E-state index contributed by atoms with van der Waals surface area (Å²) in [6.07, 6.45) is 0.617. The number of esters is 1. The molecule has 0 radical (unpaired) electrons. The quantitative estimate of drug-likeness (QED) is 0.784. The third-order valence-corrected chi connectivity index (χ3v) is 2.71. The third kappa shape index (κ3) is 4.68. The number of aryl methyl sites for hydroxylation is 1. The molecule has 0 aliphatic rings. The fourth-order valence-electron chi connectivity index (χ4n) is 1.24. The van der Waals surface area contributed by atoms with Gasteiger partial charge < -0.3 is 9.47 Å². The number of rotatable bonds is 5. The predicted octanol–water partition coefficient (Wildman–Crippen LogP) is 3.16. The van der Waals surface area contributed by atoms with E-state index in [0.29, 0.717) is 10.9 Å². The molecular formula is C11H11BrF2O3. The van der Waals surface area contributed by atoms with E-state index in [4.69, 9.17) is 0 Å². The van der Waals surface area contributed by atoms with Crippen molar-refractivity contribution in [1.82, 2.24) is 0 Å². The van der Waals surface area contributed by atoms with E-state index in [2.05, 4.69) is 25.4 Å². The van der Waals surface area contributed by atoms with E-state index in [-0.39, 0.29) is 18.1 Å². The summed E-state index contributed by atoms with van der Waals surface area (Å²) in [6.45, 7) is -2.87. The molecule has 0 saturated heterocycles. The van der Waals surface area contributed by atoms with Gasteiger partial charge in [-0.05, 0) is 40.0 Å². The largest absolute Gasteiger partial charge is 0.469 e. The SMILES string of the molecule is COC(=O)CCc1ccc(Br)c(OC(F)F)c1. The minimum Gasteiger partial charge on any atom is -0.469 e. The van der Waals surface area contributed by atoms with Crippen LogP contribution in [0.3, 0.4) is 0 Å². The van der Waals surface area contributed by atoms with E-state index in [0.717, 1.165) is 5.56 Å². The van der Waals surface area contributed by atoms with Crippen molar-refractivity contribution in [1.29, 1.82) is 0 Å². The van der Waals surface area contributed by atoms with Crippen LogP contribution in [0.1, 0.15) is 12.0 Å². The minimum atomic E-state index is -2.87. The normalized spacial score (nSPS) is 10.4. The number of hydrogen-bond donors (Lipinski definition) is 0. The number of halogens is 3. The Bertz CT molecular complexity index is 396. The predicted molar refractivity (Wildman–Crippen MR) is 61.1 cm³/mol. The molecule has 0 aliphatic heterocycles. The first-order valence-electron chi connectivity index (χ1n) is 4.83. The van der Waals surface area contributed by atoms with Crippen molar-refractivity contribution in [2.75, 3.05) is 7.11 Å². The minimum absolute atomic E-state index is 0.0577. The van der Waals surface area contributed by atoms with Crippen molar-refractivity contribution in [2.45, 2.75) is 19.5 Å². The molecule has 0 aromatic heterocycles. The summed E-state index contributed by atoms with van der Waals surface area (Å²) < 4.78 is 33.4. The number of carbonyl (C=O) groups is 1. The van der Waals surface area contributed by atoms with Gasteiger partial charge in [-0.2, -0.15) is 8.78 Å². The summed E-state index contributed by atoms with van der Waals surface area (Å²) in [5.74, 6) is -0.286. The first-order chi connectivity index (χ1) is 8.02. The zero-order chi connectivity index (χ0) is 12.8. The standard InChI is InChI=1S/C11H11BrF2O3/c1-16-10(15)5-3-7-2-4-8(12)9(6-7)17-11(13)14/h2,4,6,11H,3,5H2,1H3. The van der Waals surface area contributed by atoms with Gasteiger partial charge in [-0.15, -0.1) is 0 Å². The second-order valence-corrected chi connectivity index (χ2v) is 4.07. The lowest BCUT2D eigenvalue weighted by atomic mass is 10.1. The Morgan fingerprint density at radius 1 is 1.47 bits per heavy atom. The summed E-state index contributed by atoms with van der Waals surface area (Å²) in [5.41, 5.74) is 0.731. The lowest BCUT2D eigenvalue weighted by Gasteiger charge is -2.08. The Morgan fingerprint density at radius 3 is 2.76 bits per heavy atom. The highest BCUT2D eigenvalue weighted by atomic mass is 79.9. The Hall–Kier alpha value is -1.17. The van der Waals surface area contributed by atoms with E-state index in [9.17, 15) is 13.6 Å². The number of ether oxygens (including phenoxy) is 2. The molecule has 0 unspecified atom stereocenters. The highest BCUT2D eigenvalue weighted by molar-refractivity contribution is 9.10. The maximum Gasteiger partial charge on any atom is 0.387 e. The fourth-order valence-corrected chi connectivity index (χ4v) is 1.58. The van der Waals surface area contributed by atoms with Crippen LogP contribution < -0.4 is 4.74 Å². The molecule has 3 nitrogen and oxygen atoms in total. The molecule has 6 heteroatoms. The first kappa shape index (κ1) is 13.9. The van der Waals surface area contributed by atoms with Crippen LogP contribution in [0.4, 0.5) is 8.78 Å². The Morgan fingerprint density at radius 2 is 2.18 bits per heavy atom. The molecule has 17 heavy (non-hydrogen) atoms. The van der Waals surface area contributed by atoms with Gasteiger partial charge in [0, 0.05) is 6.42 Å². The van der Waals surface area contributed by atoms with Crippen molar-refractivity contribution in [3.05, 3.63) is 28.2 Å². The summed E-state index contributed by atoms with van der Waals surface area (Å²) in [4.78, 5) is 10.9. The van der Waals surface area contributed by atoms with Gasteiger partial charge in [0.1, 0.15) is 5.75 Å². The zero-order valence-electron chi connectivity index (χ0n) is 9.08. The van der Waals surface area contributed by atoms with Crippen LogP contribution in [-0.4, -0.2) is 19.7 Å². The van der Waals surface area contributed by atoms with Gasteiger partial charge in [0.2, 0.25) is 0 Å². The van der Waals surface area contributed by atoms with E-state index in [1.807, 2.05) is 0 Å². The maximum atomic E-state index is 12.1. The third-order valence-electron chi connectivity index (χ3n) is 2.06. The fraction of sp³-hybridized carbons (Fsp3) is 0.364. The molecule has 94 valence electrons. The zero-order valence-corrected chi connectivity index (χ0v) is 10.7. The van der Waals surface area contributed by atoms with Crippen molar-refractivity contribution in [2.24, 2.45) is 0 Å². The summed E-state index contributed by atoms with van der Waals surface area (Å²) >= 11 is 3.10. The van der Waals surface area contributed by atoms with Gasteiger partial charge in [0.25, 0.3) is 0 Å². The van der Waals surface area contributed by atoms with Gasteiger partial charge in [0.05, 0.1) is 11.6 Å². The number of methoxy groups -OCH3 is 1. The molecule has 0 aliphatic carbocycles. The molecule has 1 aromatic carbocycles. The number of alkyl halides is 2. The average Bonchev–Trinajstić information content (AvgIpc) is 2.29.